The van der Waals surface area contributed by atoms with Crippen molar-refractivity contribution in [3.8, 4) is 10.6 Å². The van der Waals surface area contributed by atoms with Gasteiger partial charge in [0.1, 0.15) is 5.82 Å². The fourth-order valence-electron chi connectivity index (χ4n) is 2.22. The average molecular weight is 346 g/mol. The van der Waals surface area contributed by atoms with Crippen LogP contribution in [-0.2, 0) is 0 Å². The van der Waals surface area contributed by atoms with Crippen molar-refractivity contribution < 1.29 is 9.18 Å². The monoisotopic (exact) mass is 346 g/mol. The molecule has 0 radical (unpaired) electrons. The van der Waals surface area contributed by atoms with Crippen LogP contribution < -0.4 is 5.32 Å². The fourth-order valence-corrected chi connectivity index (χ4v) is 4.02. The molecule has 23 heavy (non-hydrogen) atoms. The number of thiazole rings is 1. The number of aryl methyl sites for hydroxylation is 3. The third-order valence-electron chi connectivity index (χ3n) is 3.36. The van der Waals surface area contributed by atoms with Gasteiger partial charge in [-0.2, -0.15) is 0 Å². The Kier molecular flexibility index (Phi) is 4.28. The van der Waals surface area contributed by atoms with E-state index >= 15 is 0 Å². The van der Waals surface area contributed by atoms with Crippen molar-refractivity contribution in [2.45, 2.75) is 20.8 Å². The summed E-state index contributed by atoms with van der Waals surface area (Å²) in [5, 5.41) is 3.18. The Morgan fingerprint density at radius 2 is 1.91 bits per heavy atom. The minimum Gasteiger partial charge on any atom is -0.298 e. The van der Waals surface area contributed by atoms with Gasteiger partial charge in [0.25, 0.3) is 5.91 Å². The van der Waals surface area contributed by atoms with Crippen LogP contribution in [-0.4, -0.2) is 10.9 Å². The minimum absolute atomic E-state index is 0.0337. The van der Waals surface area contributed by atoms with Crippen LogP contribution in [0.5, 0.6) is 0 Å². The van der Waals surface area contributed by atoms with Gasteiger partial charge in [-0.1, -0.05) is 11.6 Å². The van der Waals surface area contributed by atoms with Gasteiger partial charge in [0, 0.05) is 9.75 Å². The second-order valence-corrected chi connectivity index (χ2v) is 7.76. The van der Waals surface area contributed by atoms with Gasteiger partial charge in [-0.25, -0.2) is 9.37 Å². The largest absolute Gasteiger partial charge is 0.298 e. The molecule has 0 spiro atoms. The molecule has 1 N–H and O–H groups in total. The van der Waals surface area contributed by atoms with E-state index < -0.39 is 11.7 Å². The van der Waals surface area contributed by atoms with Crippen LogP contribution in [0.4, 0.5) is 9.52 Å². The van der Waals surface area contributed by atoms with Gasteiger partial charge in [0.05, 0.1) is 16.1 Å². The van der Waals surface area contributed by atoms with E-state index in [0.717, 1.165) is 21.0 Å². The quantitative estimate of drug-likeness (QED) is 0.709. The molecule has 0 aliphatic carbocycles. The van der Waals surface area contributed by atoms with Crippen LogP contribution in [0.25, 0.3) is 10.6 Å². The summed E-state index contributed by atoms with van der Waals surface area (Å²) in [6.45, 7) is 5.82. The Labute approximate surface area is 141 Å². The third-order valence-corrected chi connectivity index (χ3v) is 5.25. The van der Waals surface area contributed by atoms with E-state index in [1.807, 2.05) is 32.9 Å². The number of hydrogen-bond acceptors (Lipinski definition) is 4. The molecule has 2 aromatic heterocycles. The maximum absolute atomic E-state index is 13.8. The summed E-state index contributed by atoms with van der Waals surface area (Å²) < 4.78 is 13.8. The van der Waals surface area contributed by atoms with Crippen molar-refractivity contribution >= 4 is 33.7 Å². The Balaban J connectivity index is 1.86. The second kappa shape index (κ2) is 6.22. The number of carbonyl (C=O) groups excluding carboxylic acids is 1. The number of nitrogens with one attached hydrogen (secondary N) is 1. The van der Waals surface area contributed by atoms with Crippen molar-refractivity contribution in [2.75, 3.05) is 5.32 Å². The van der Waals surface area contributed by atoms with Gasteiger partial charge in [-0.15, -0.1) is 22.7 Å². The average Bonchev–Trinajstić information content (AvgIpc) is 3.07. The molecule has 0 saturated carbocycles. The summed E-state index contributed by atoms with van der Waals surface area (Å²) in [6, 6.07) is 8.54. The van der Waals surface area contributed by atoms with Gasteiger partial charge in [0.2, 0.25) is 0 Å². The first-order chi connectivity index (χ1) is 10.9. The summed E-state index contributed by atoms with van der Waals surface area (Å²) in [5.41, 5.74) is 1.74. The van der Waals surface area contributed by atoms with Crippen molar-refractivity contribution in [3.63, 3.8) is 0 Å². The predicted molar refractivity (Wildman–Crippen MR) is 94.0 cm³/mol. The molecule has 6 heteroatoms. The van der Waals surface area contributed by atoms with Gasteiger partial charge in [-0.3, -0.25) is 10.1 Å². The first-order valence-corrected chi connectivity index (χ1v) is 8.69. The van der Waals surface area contributed by atoms with Gasteiger partial charge in [-0.05, 0) is 45.0 Å². The second-order valence-electron chi connectivity index (χ2n) is 5.27. The zero-order chi connectivity index (χ0) is 16.6. The molecule has 0 unspecified atom stereocenters. The fraction of sp³-hybridized carbons (Fsp3) is 0.176. The lowest BCUT2D eigenvalue weighted by Gasteiger charge is -2.04. The Morgan fingerprint density at radius 3 is 2.61 bits per heavy atom. The van der Waals surface area contributed by atoms with Gasteiger partial charge in [0.15, 0.2) is 5.13 Å². The van der Waals surface area contributed by atoms with E-state index in [0.29, 0.717) is 5.13 Å². The van der Waals surface area contributed by atoms with Crippen LogP contribution in [0.3, 0.4) is 0 Å². The van der Waals surface area contributed by atoms with Crippen molar-refractivity contribution in [2.24, 2.45) is 0 Å². The number of rotatable bonds is 3. The highest BCUT2D eigenvalue weighted by molar-refractivity contribution is 7.18. The minimum atomic E-state index is -0.532. The van der Waals surface area contributed by atoms with Gasteiger partial charge >= 0.3 is 0 Å². The molecule has 0 saturated heterocycles. The molecule has 3 rings (SSSR count). The molecule has 3 nitrogen and oxygen atoms in total. The maximum Gasteiger partial charge on any atom is 0.260 e. The van der Waals surface area contributed by atoms with Crippen LogP contribution in [0, 0.1) is 26.6 Å². The summed E-state index contributed by atoms with van der Waals surface area (Å²) >= 11 is 3.05. The van der Waals surface area contributed by atoms with Crippen molar-refractivity contribution in [1.82, 2.24) is 4.98 Å². The highest BCUT2D eigenvalue weighted by atomic mass is 32.1. The molecule has 0 aliphatic heterocycles. The van der Waals surface area contributed by atoms with Gasteiger partial charge < -0.3 is 0 Å². The standard InChI is InChI=1S/C17H15FN2OS2/c1-9-4-6-13(18)12(8-9)16(21)20-17-19-15(11(3)23-17)14-7-5-10(2)22-14/h4-8H,1-3H3,(H,19,20,21). The molecule has 3 aromatic rings. The molecular formula is C17H15FN2OS2. The lowest BCUT2D eigenvalue weighted by molar-refractivity contribution is 0.102. The molecule has 1 amide bonds. The van der Waals surface area contributed by atoms with E-state index in [1.54, 1.807) is 17.4 Å². The number of aromatic nitrogens is 1. The smallest absolute Gasteiger partial charge is 0.260 e. The number of anilines is 1. The Bertz CT molecular complexity index is 883. The van der Waals surface area contributed by atoms with Crippen molar-refractivity contribution in [1.29, 1.82) is 0 Å². The molecule has 0 bridgehead atoms. The van der Waals surface area contributed by atoms with E-state index in [9.17, 15) is 9.18 Å². The van der Waals surface area contributed by atoms with Crippen LogP contribution in [0.15, 0.2) is 30.3 Å². The number of halogens is 1. The van der Waals surface area contributed by atoms with E-state index in [-0.39, 0.29) is 5.56 Å². The highest BCUT2D eigenvalue weighted by Crippen LogP contribution is 2.34. The number of nitrogens with zero attached hydrogens (tertiary/aromatic N) is 1. The summed E-state index contributed by atoms with van der Waals surface area (Å²) in [6.07, 6.45) is 0. The lowest BCUT2D eigenvalue weighted by Crippen LogP contribution is -2.13. The third kappa shape index (κ3) is 3.33. The maximum atomic E-state index is 13.8. The number of thiophene rings is 1. The lowest BCUT2D eigenvalue weighted by atomic mass is 10.1. The molecule has 0 atom stereocenters. The molecular weight excluding hydrogens is 331 g/mol. The topological polar surface area (TPSA) is 42.0 Å². The number of carbonyl (C=O) groups is 1. The summed E-state index contributed by atoms with van der Waals surface area (Å²) in [4.78, 5) is 20.0. The Hall–Kier alpha value is -2.05. The molecule has 0 aliphatic rings. The van der Waals surface area contributed by atoms with E-state index in [1.165, 1.54) is 28.3 Å². The van der Waals surface area contributed by atoms with Crippen molar-refractivity contribution in [3.05, 3.63) is 57.0 Å². The number of benzene rings is 1. The highest BCUT2D eigenvalue weighted by Gasteiger charge is 2.16. The molecule has 0 fully saturated rings. The first-order valence-electron chi connectivity index (χ1n) is 7.06. The molecule has 2 heterocycles. The van der Waals surface area contributed by atoms with Crippen LogP contribution in [0.1, 0.15) is 25.7 Å². The van der Waals surface area contributed by atoms with E-state index in [4.69, 9.17) is 0 Å². The predicted octanol–water partition coefficient (Wildman–Crippen LogP) is 5.19. The summed E-state index contributed by atoms with van der Waals surface area (Å²) in [7, 11) is 0. The normalized spacial score (nSPS) is 10.8. The number of amides is 1. The zero-order valence-corrected chi connectivity index (χ0v) is 14.6. The SMILES string of the molecule is Cc1ccc(F)c(C(=O)Nc2nc(-c3ccc(C)s3)c(C)s2)c1. The van der Waals surface area contributed by atoms with E-state index in [2.05, 4.69) is 10.3 Å². The molecule has 1 aromatic carbocycles. The van der Waals surface area contributed by atoms with Crippen LogP contribution >= 0.6 is 22.7 Å². The Morgan fingerprint density at radius 1 is 1.13 bits per heavy atom. The van der Waals surface area contributed by atoms with Crippen LogP contribution in [0.2, 0.25) is 0 Å². The number of hydrogen-bond donors (Lipinski definition) is 1. The summed E-state index contributed by atoms with van der Waals surface area (Å²) in [5.74, 6) is -1.01. The zero-order valence-electron chi connectivity index (χ0n) is 12.9. The first kappa shape index (κ1) is 15.8. The molecule has 118 valence electrons.